The van der Waals surface area contributed by atoms with Crippen molar-refractivity contribution in [3.63, 3.8) is 0 Å². The molecular formula is C11H14Cl3NO7S. The van der Waals surface area contributed by atoms with Gasteiger partial charge in [-0.1, -0.05) is 40.4 Å². The highest BCUT2D eigenvalue weighted by atomic mass is 35.6. The molecule has 1 aliphatic rings. The van der Waals surface area contributed by atoms with Crippen molar-refractivity contribution in [2.75, 3.05) is 19.8 Å². The molecule has 1 amide bonds. The molecule has 0 saturated carbocycles. The molecule has 12 heteroatoms. The minimum atomic E-state index is -4.48. The number of ether oxygens (including phenoxy) is 2. The molecule has 0 bridgehead atoms. The van der Waals surface area contributed by atoms with E-state index in [1.54, 1.807) is 13.8 Å². The first-order chi connectivity index (χ1) is 10.4. The van der Waals surface area contributed by atoms with E-state index in [9.17, 15) is 18.0 Å². The van der Waals surface area contributed by atoms with E-state index in [-0.39, 0.29) is 13.2 Å². The van der Waals surface area contributed by atoms with Crippen LogP contribution in [0.4, 0.5) is 4.79 Å². The Bertz CT molecular complexity index is 595. The predicted molar refractivity (Wildman–Crippen MR) is 82.5 cm³/mol. The maximum atomic E-state index is 11.8. The minimum absolute atomic E-state index is 0.301. The van der Waals surface area contributed by atoms with E-state index >= 15 is 0 Å². The van der Waals surface area contributed by atoms with Crippen molar-refractivity contribution >= 4 is 57.2 Å². The number of amides is 1. The zero-order valence-electron chi connectivity index (χ0n) is 12.1. The van der Waals surface area contributed by atoms with Crippen molar-refractivity contribution in [3.05, 3.63) is 11.6 Å². The molecule has 0 aliphatic carbocycles. The monoisotopic (exact) mass is 409 g/mol. The lowest BCUT2D eigenvalue weighted by atomic mass is 10.3. The van der Waals surface area contributed by atoms with Crippen LogP contribution in [0.25, 0.3) is 0 Å². The van der Waals surface area contributed by atoms with Gasteiger partial charge in [0.25, 0.3) is 0 Å². The standard InChI is InChI=1S/C11H14Cl3NO7S/c1-7(2)3-9(16)20-5-8-4-15(10(17)22-8)23(18,19)21-6-11(12,13)14/h3,8H,4-6H2,1-2H3. The molecule has 0 aromatic heterocycles. The Balaban J connectivity index is 2.59. The van der Waals surface area contributed by atoms with Crippen LogP contribution in [0.15, 0.2) is 11.6 Å². The summed E-state index contributed by atoms with van der Waals surface area (Å²) in [4.78, 5) is 22.9. The van der Waals surface area contributed by atoms with Gasteiger partial charge in [-0.2, -0.15) is 12.7 Å². The van der Waals surface area contributed by atoms with Crippen LogP contribution in [-0.2, 0) is 28.8 Å². The highest BCUT2D eigenvalue weighted by Gasteiger charge is 2.41. The zero-order valence-corrected chi connectivity index (χ0v) is 15.2. The van der Waals surface area contributed by atoms with E-state index in [2.05, 4.69) is 4.18 Å². The van der Waals surface area contributed by atoms with Crippen LogP contribution in [0, 0.1) is 0 Å². The lowest BCUT2D eigenvalue weighted by Crippen LogP contribution is -2.36. The van der Waals surface area contributed by atoms with E-state index in [0.29, 0.717) is 4.31 Å². The third-order valence-electron chi connectivity index (χ3n) is 2.30. The third kappa shape index (κ3) is 7.13. The topological polar surface area (TPSA) is 99.2 Å². The van der Waals surface area contributed by atoms with Gasteiger partial charge in [-0.05, 0) is 13.8 Å². The second kappa shape index (κ2) is 7.89. The Morgan fingerprint density at radius 2 is 2.04 bits per heavy atom. The molecule has 0 N–H and O–H groups in total. The highest BCUT2D eigenvalue weighted by Crippen LogP contribution is 2.27. The molecule has 1 saturated heterocycles. The van der Waals surface area contributed by atoms with Gasteiger partial charge in [0, 0.05) is 6.08 Å². The van der Waals surface area contributed by atoms with Crippen LogP contribution >= 0.6 is 34.8 Å². The first-order valence-corrected chi connectivity index (χ1v) is 8.67. The van der Waals surface area contributed by atoms with Crippen molar-refractivity contribution in [3.8, 4) is 0 Å². The second-order valence-corrected chi connectivity index (χ2v) is 8.77. The lowest BCUT2D eigenvalue weighted by Gasteiger charge is -2.16. The number of alkyl halides is 3. The van der Waals surface area contributed by atoms with E-state index in [0.717, 1.165) is 5.57 Å². The number of hydrogen-bond donors (Lipinski definition) is 0. The van der Waals surface area contributed by atoms with Gasteiger partial charge < -0.3 is 9.47 Å². The fourth-order valence-corrected chi connectivity index (χ4v) is 2.81. The molecular weight excluding hydrogens is 397 g/mol. The van der Waals surface area contributed by atoms with Crippen molar-refractivity contribution in [1.29, 1.82) is 0 Å². The van der Waals surface area contributed by atoms with Gasteiger partial charge >= 0.3 is 22.4 Å². The third-order valence-corrected chi connectivity index (χ3v) is 3.88. The summed E-state index contributed by atoms with van der Waals surface area (Å²) in [5.41, 5.74) is 0.725. The molecule has 1 atom stereocenters. The lowest BCUT2D eigenvalue weighted by molar-refractivity contribution is -0.140. The normalized spacial score (nSPS) is 18.6. The van der Waals surface area contributed by atoms with Gasteiger partial charge in [0.1, 0.15) is 13.2 Å². The molecule has 0 aromatic rings. The average Bonchev–Trinajstić information content (AvgIpc) is 2.75. The number of hydrogen-bond acceptors (Lipinski definition) is 7. The molecule has 23 heavy (non-hydrogen) atoms. The van der Waals surface area contributed by atoms with Crippen LogP contribution in [0.2, 0.25) is 0 Å². The molecule has 132 valence electrons. The van der Waals surface area contributed by atoms with Crippen molar-refractivity contribution < 1.29 is 31.7 Å². The molecule has 1 unspecified atom stereocenters. The number of nitrogens with zero attached hydrogens (tertiary/aromatic N) is 1. The van der Waals surface area contributed by atoms with Crippen LogP contribution in [0.3, 0.4) is 0 Å². The summed E-state index contributed by atoms with van der Waals surface area (Å²) in [5.74, 6) is -0.630. The number of halogens is 3. The Kier molecular flexibility index (Phi) is 6.96. The number of rotatable bonds is 6. The van der Waals surface area contributed by atoms with E-state index in [4.69, 9.17) is 44.3 Å². The Labute approximate surface area is 148 Å². The van der Waals surface area contributed by atoms with Gasteiger partial charge in [0.15, 0.2) is 6.10 Å². The largest absolute Gasteiger partial charge is 0.459 e. The van der Waals surface area contributed by atoms with Gasteiger partial charge in [-0.25, -0.2) is 13.8 Å². The Morgan fingerprint density at radius 3 is 2.57 bits per heavy atom. The minimum Gasteiger partial charge on any atom is -0.459 e. The van der Waals surface area contributed by atoms with E-state index in [1.807, 2.05) is 0 Å². The summed E-state index contributed by atoms with van der Waals surface area (Å²) >= 11 is 16.1. The van der Waals surface area contributed by atoms with E-state index in [1.165, 1.54) is 6.08 Å². The van der Waals surface area contributed by atoms with Gasteiger partial charge in [-0.3, -0.25) is 0 Å². The van der Waals surface area contributed by atoms with E-state index < -0.39 is 38.9 Å². The maximum absolute atomic E-state index is 11.8. The van der Waals surface area contributed by atoms with Crippen LogP contribution in [-0.4, -0.2) is 54.4 Å². The summed E-state index contributed by atoms with van der Waals surface area (Å²) in [6, 6.07) is 0. The molecule has 8 nitrogen and oxygen atoms in total. The number of carbonyl (C=O) groups excluding carboxylic acids is 2. The van der Waals surface area contributed by atoms with Gasteiger partial charge in [0.05, 0.1) is 6.54 Å². The molecule has 1 rings (SSSR count). The average molecular weight is 411 g/mol. The first kappa shape index (κ1) is 20.3. The van der Waals surface area contributed by atoms with Gasteiger partial charge in [0.2, 0.25) is 3.79 Å². The number of allylic oxidation sites excluding steroid dienone is 1. The Hall–Kier alpha value is -0.740. The number of carbonyl (C=O) groups is 2. The van der Waals surface area contributed by atoms with Crippen LogP contribution < -0.4 is 0 Å². The van der Waals surface area contributed by atoms with Gasteiger partial charge in [-0.15, -0.1) is 0 Å². The zero-order chi connectivity index (χ0) is 17.8. The Morgan fingerprint density at radius 1 is 1.43 bits per heavy atom. The molecule has 1 fully saturated rings. The van der Waals surface area contributed by atoms with Crippen molar-refractivity contribution in [1.82, 2.24) is 4.31 Å². The predicted octanol–water partition coefficient (Wildman–Crippen LogP) is 1.95. The fourth-order valence-electron chi connectivity index (χ4n) is 1.42. The summed E-state index contributed by atoms with van der Waals surface area (Å²) in [5, 5.41) is 0. The molecule has 0 spiro atoms. The summed E-state index contributed by atoms with van der Waals surface area (Å²) in [7, 11) is -4.48. The molecule has 1 heterocycles. The second-order valence-electron chi connectivity index (χ2n) is 4.72. The molecule has 0 radical (unpaired) electrons. The number of esters is 1. The fraction of sp³-hybridized carbons (Fsp3) is 0.636. The first-order valence-electron chi connectivity index (χ1n) is 6.17. The smallest absolute Gasteiger partial charge is 0.425 e. The SMILES string of the molecule is CC(C)=CC(=O)OCC1CN(S(=O)(=O)OCC(Cl)(Cl)Cl)C(=O)O1. The quantitative estimate of drug-likeness (QED) is 0.375. The van der Waals surface area contributed by atoms with Crippen molar-refractivity contribution in [2.45, 2.75) is 23.7 Å². The van der Waals surface area contributed by atoms with Crippen molar-refractivity contribution in [2.24, 2.45) is 0 Å². The van der Waals surface area contributed by atoms with Crippen LogP contribution in [0.5, 0.6) is 0 Å². The summed E-state index contributed by atoms with van der Waals surface area (Å²) < 4.78 is 36.1. The number of cyclic esters (lactones) is 1. The maximum Gasteiger partial charge on any atom is 0.425 e. The highest BCUT2D eigenvalue weighted by molar-refractivity contribution is 7.84. The molecule has 1 aliphatic heterocycles. The summed E-state index contributed by atoms with van der Waals surface area (Å²) in [6.07, 6.45) is -0.879. The van der Waals surface area contributed by atoms with Crippen LogP contribution in [0.1, 0.15) is 13.8 Å². The summed E-state index contributed by atoms with van der Waals surface area (Å²) in [6.45, 7) is 1.94. The molecule has 0 aromatic carbocycles.